The average Bonchev–Trinajstić information content (AvgIpc) is 2.25. The first-order chi connectivity index (χ1) is 7.20. The zero-order valence-corrected chi connectivity index (χ0v) is 7.80. The molecule has 0 aromatic heterocycles. The Morgan fingerprint density at radius 3 is 2.80 bits per heavy atom. The Kier molecular flexibility index (Phi) is 4.08. The van der Waals surface area contributed by atoms with E-state index in [1.54, 1.807) is 24.3 Å². The number of nitrogens with zero attached hydrogens (tertiary/aromatic N) is 1. The summed E-state index contributed by atoms with van der Waals surface area (Å²) in [5.41, 5.74) is 0.481. The van der Waals surface area contributed by atoms with E-state index in [9.17, 15) is 14.9 Å². The third-order valence-electron chi connectivity index (χ3n) is 1.56. The fourth-order valence-electron chi connectivity index (χ4n) is 0.925. The zero-order chi connectivity index (χ0) is 11.1. The molecule has 0 aliphatic carbocycles. The smallest absolute Gasteiger partial charge is 0.294 e. The van der Waals surface area contributed by atoms with Crippen LogP contribution in [0.2, 0.25) is 0 Å². The Morgan fingerprint density at radius 2 is 2.20 bits per heavy atom. The summed E-state index contributed by atoms with van der Waals surface area (Å²) in [5.74, 6) is -0.295. The third-order valence-corrected chi connectivity index (χ3v) is 1.56. The summed E-state index contributed by atoms with van der Waals surface area (Å²) in [6.07, 6.45) is 0. The molecular weight excluding hydrogens is 200 g/mol. The van der Waals surface area contributed by atoms with Gasteiger partial charge in [0.1, 0.15) is 6.61 Å². The number of nitrogens with one attached hydrogen (secondary N) is 1. The van der Waals surface area contributed by atoms with E-state index in [-0.39, 0.29) is 19.1 Å². The molecule has 0 bridgehead atoms. The highest BCUT2D eigenvalue weighted by molar-refractivity contribution is 5.94. The van der Waals surface area contributed by atoms with E-state index in [0.717, 1.165) is 0 Å². The molecule has 0 atom stereocenters. The van der Waals surface area contributed by atoms with Gasteiger partial charge in [0.15, 0.2) is 0 Å². The van der Waals surface area contributed by atoms with Crippen LogP contribution < -0.4 is 5.32 Å². The number of carbonyl (C=O) groups is 1. The summed E-state index contributed by atoms with van der Waals surface area (Å²) >= 11 is 0. The molecule has 1 aromatic rings. The number of hydrogen-bond donors (Lipinski definition) is 1. The van der Waals surface area contributed by atoms with Gasteiger partial charge in [0.2, 0.25) is 0 Å². The lowest BCUT2D eigenvalue weighted by Crippen LogP contribution is -2.27. The molecule has 15 heavy (non-hydrogen) atoms. The molecule has 1 amide bonds. The molecular formula is C9H9N2O4. The molecule has 0 aliphatic heterocycles. The second-order valence-electron chi connectivity index (χ2n) is 2.60. The van der Waals surface area contributed by atoms with Crippen LogP contribution >= 0.6 is 0 Å². The fraction of sp³-hybridized carbons (Fsp3) is 0.222. The van der Waals surface area contributed by atoms with E-state index in [1.807, 2.05) is 0 Å². The molecule has 0 unspecified atom stereocenters. The van der Waals surface area contributed by atoms with E-state index >= 15 is 0 Å². The largest absolute Gasteiger partial charge is 0.350 e. The molecule has 1 N–H and O–H groups in total. The van der Waals surface area contributed by atoms with Crippen LogP contribution in [0.4, 0.5) is 0 Å². The van der Waals surface area contributed by atoms with Gasteiger partial charge < -0.3 is 10.2 Å². The molecule has 1 aromatic carbocycles. The first-order valence-electron chi connectivity index (χ1n) is 4.22. The fourth-order valence-corrected chi connectivity index (χ4v) is 0.925. The van der Waals surface area contributed by atoms with Crippen molar-refractivity contribution in [3.8, 4) is 0 Å². The lowest BCUT2D eigenvalue weighted by molar-refractivity contribution is -0.757. The Morgan fingerprint density at radius 1 is 1.53 bits per heavy atom. The molecule has 6 nitrogen and oxygen atoms in total. The summed E-state index contributed by atoms with van der Waals surface area (Å²) < 4.78 is 0. The maximum Gasteiger partial charge on any atom is 0.294 e. The maximum atomic E-state index is 11.3. The first kappa shape index (κ1) is 11.0. The summed E-state index contributed by atoms with van der Waals surface area (Å²) in [4.78, 5) is 25.1. The molecule has 1 rings (SSSR count). The van der Waals surface area contributed by atoms with E-state index in [2.05, 4.69) is 16.2 Å². The standard InChI is InChI=1S/C9H9N2O4/c12-9(8-4-2-1-3-5-8)10-6-7-15-11(13)14/h2-5H,6-7H2,(H,10,12). The summed E-state index contributed by atoms with van der Waals surface area (Å²) in [6, 6.07) is 9.20. The van der Waals surface area contributed by atoms with Gasteiger partial charge in [-0.1, -0.05) is 12.1 Å². The monoisotopic (exact) mass is 209 g/mol. The van der Waals surface area contributed by atoms with Gasteiger partial charge in [0.05, 0.1) is 0 Å². The van der Waals surface area contributed by atoms with E-state index in [1.165, 1.54) is 0 Å². The maximum absolute atomic E-state index is 11.3. The summed E-state index contributed by atoms with van der Waals surface area (Å²) in [6.45, 7) is -0.0594. The van der Waals surface area contributed by atoms with Gasteiger partial charge in [-0.3, -0.25) is 4.79 Å². The van der Waals surface area contributed by atoms with Crippen molar-refractivity contribution in [1.82, 2.24) is 5.32 Å². The highest BCUT2D eigenvalue weighted by Gasteiger charge is 2.03. The van der Waals surface area contributed by atoms with E-state index < -0.39 is 5.09 Å². The number of amides is 1. The molecule has 79 valence electrons. The van der Waals surface area contributed by atoms with Crippen LogP contribution in [0.15, 0.2) is 24.3 Å². The van der Waals surface area contributed by atoms with Crippen LogP contribution in [-0.2, 0) is 4.84 Å². The predicted octanol–water partition coefficient (Wildman–Crippen LogP) is 0.425. The molecule has 1 radical (unpaired) electrons. The van der Waals surface area contributed by atoms with Crippen molar-refractivity contribution in [3.63, 3.8) is 0 Å². The van der Waals surface area contributed by atoms with E-state index in [0.29, 0.717) is 5.56 Å². The number of carbonyl (C=O) groups excluding carboxylic acids is 1. The molecule has 0 saturated carbocycles. The molecule has 0 heterocycles. The molecule has 6 heteroatoms. The average molecular weight is 209 g/mol. The van der Waals surface area contributed by atoms with Gasteiger partial charge in [-0.05, 0) is 18.2 Å². The third kappa shape index (κ3) is 4.08. The Hall–Kier alpha value is -2.11. The predicted molar refractivity (Wildman–Crippen MR) is 50.6 cm³/mol. The minimum absolute atomic E-state index is 0.0957. The normalized spacial score (nSPS) is 9.33. The van der Waals surface area contributed by atoms with Gasteiger partial charge >= 0.3 is 0 Å². The van der Waals surface area contributed by atoms with Gasteiger partial charge in [-0.25, -0.2) is 0 Å². The molecule has 0 aliphatic rings. The van der Waals surface area contributed by atoms with E-state index in [4.69, 9.17) is 0 Å². The minimum Gasteiger partial charge on any atom is -0.350 e. The second kappa shape index (κ2) is 5.58. The number of rotatable bonds is 5. The summed E-state index contributed by atoms with van der Waals surface area (Å²) in [5, 5.41) is 11.4. The highest BCUT2D eigenvalue weighted by atomic mass is 16.9. The first-order valence-corrected chi connectivity index (χ1v) is 4.22. The zero-order valence-electron chi connectivity index (χ0n) is 7.80. The molecule has 0 spiro atoms. The Balaban J connectivity index is 2.28. The highest BCUT2D eigenvalue weighted by Crippen LogP contribution is 1.96. The van der Waals surface area contributed by atoms with Crippen LogP contribution in [0.3, 0.4) is 0 Å². The van der Waals surface area contributed by atoms with Crippen LogP contribution in [0.25, 0.3) is 0 Å². The van der Waals surface area contributed by atoms with Crippen LogP contribution in [0.5, 0.6) is 0 Å². The second-order valence-corrected chi connectivity index (χ2v) is 2.60. The van der Waals surface area contributed by atoms with Crippen molar-refractivity contribution >= 4 is 5.91 Å². The van der Waals surface area contributed by atoms with Crippen molar-refractivity contribution < 1.29 is 14.7 Å². The lowest BCUT2D eigenvalue weighted by Gasteiger charge is -2.03. The summed E-state index contributed by atoms with van der Waals surface area (Å²) in [7, 11) is 0. The topological polar surface area (TPSA) is 81.5 Å². The molecule has 0 saturated heterocycles. The quantitative estimate of drug-likeness (QED) is 0.433. The van der Waals surface area contributed by atoms with Gasteiger partial charge in [-0.15, -0.1) is 10.1 Å². The van der Waals surface area contributed by atoms with Crippen molar-refractivity contribution in [2.45, 2.75) is 0 Å². The van der Waals surface area contributed by atoms with Crippen molar-refractivity contribution in [2.24, 2.45) is 0 Å². The van der Waals surface area contributed by atoms with Crippen molar-refractivity contribution in [3.05, 3.63) is 46.0 Å². The minimum atomic E-state index is -0.899. The van der Waals surface area contributed by atoms with Crippen LogP contribution in [0.1, 0.15) is 10.4 Å². The number of benzene rings is 1. The van der Waals surface area contributed by atoms with Gasteiger partial charge in [0, 0.05) is 12.1 Å². The lowest BCUT2D eigenvalue weighted by atomic mass is 10.2. The van der Waals surface area contributed by atoms with Crippen LogP contribution in [0, 0.1) is 16.2 Å². The Labute approximate surface area is 86.0 Å². The number of hydrogen-bond acceptors (Lipinski definition) is 4. The Bertz CT molecular complexity index is 339. The SMILES string of the molecule is O=C(NCCO[N+](=O)[O-])c1cc[c]cc1. The van der Waals surface area contributed by atoms with Gasteiger partial charge in [0.25, 0.3) is 11.0 Å². The van der Waals surface area contributed by atoms with Crippen LogP contribution in [-0.4, -0.2) is 24.1 Å². The van der Waals surface area contributed by atoms with Gasteiger partial charge in [-0.2, -0.15) is 0 Å². The van der Waals surface area contributed by atoms with Crippen molar-refractivity contribution in [1.29, 1.82) is 0 Å². The van der Waals surface area contributed by atoms with Crippen molar-refractivity contribution in [2.75, 3.05) is 13.2 Å². The molecule has 0 fully saturated rings.